The van der Waals surface area contributed by atoms with Gasteiger partial charge in [-0.15, -0.1) is 0 Å². The Kier molecular flexibility index (Phi) is 3.48. The third kappa shape index (κ3) is 2.64. The van der Waals surface area contributed by atoms with Gasteiger partial charge in [0.1, 0.15) is 5.82 Å². The standard InChI is InChI=1S/C14H9F4NO/c15-11-4-2-1-3-9(11)13(20)10-7-8(14(16,17)18)5-6-12(10)19/h1-7H,19H2. The zero-order valence-corrected chi connectivity index (χ0v) is 10.0. The molecule has 2 aromatic rings. The van der Waals surface area contributed by atoms with Crippen LogP contribution in [0.5, 0.6) is 0 Å². The molecule has 0 radical (unpaired) electrons. The molecule has 0 fully saturated rings. The molecule has 20 heavy (non-hydrogen) atoms. The van der Waals surface area contributed by atoms with Gasteiger partial charge in [-0.25, -0.2) is 4.39 Å². The zero-order chi connectivity index (χ0) is 14.9. The van der Waals surface area contributed by atoms with E-state index in [0.717, 1.165) is 18.2 Å². The van der Waals surface area contributed by atoms with Crippen molar-refractivity contribution >= 4 is 11.5 Å². The Bertz CT molecular complexity index is 664. The van der Waals surface area contributed by atoms with Crippen molar-refractivity contribution in [3.8, 4) is 0 Å². The summed E-state index contributed by atoms with van der Waals surface area (Å²) >= 11 is 0. The summed E-state index contributed by atoms with van der Waals surface area (Å²) in [5.74, 6) is -1.69. The van der Waals surface area contributed by atoms with Gasteiger partial charge in [0.2, 0.25) is 0 Å². The Hall–Kier alpha value is -2.37. The summed E-state index contributed by atoms with van der Waals surface area (Å²) in [4.78, 5) is 12.1. The van der Waals surface area contributed by atoms with Crippen LogP contribution in [0.25, 0.3) is 0 Å². The lowest BCUT2D eigenvalue weighted by Crippen LogP contribution is -2.11. The van der Waals surface area contributed by atoms with Gasteiger partial charge in [0.25, 0.3) is 0 Å². The Morgan fingerprint density at radius 1 is 1.00 bits per heavy atom. The lowest BCUT2D eigenvalue weighted by atomic mass is 9.99. The van der Waals surface area contributed by atoms with E-state index in [2.05, 4.69) is 0 Å². The molecule has 2 nitrogen and oxygen atoms in total. The van der Waals surface area contributed by atoms with Gasteiger partial charge in [-0.3, -0.25) is 4.79 Å². The number of carbonyl (C=O) groups is 1. The monoisotopic (exact) mass is 283 g/mol. The van der Waals surface area contributed by atoms with Gasteiger partial charge in [-0.1, -0.05) is 12.1 Å². The molecule has 2 rings (SSSR count). The van der Waals surface area contributed by atoms with Gasteiger partial charge >= 0.3 is 6.18 Å². The molecule has 2 N–H and O–H groups in total. The largest absolute Gasteiger partial charge is 0.416 e. The maximum absolute atomic E-state index is 13.5. The van der Waals surface area contributed by atoms with E-state index in [1.165, 1.54) is 18.2 Å². The normalized spacial score (nSPS) is 11.4. The highest BCUT2D eigenvalue weighted by molar-refractivity contribution is 6.12. The van der Waals surface area contributed by atoms with E-state index >= 15 is 0 Å². The summed E-state index contributed by atoms with van der Waals surface area (Å²) in [6, 6.07) is 7.42. The van der Waals surface area contributed by atoms with Crippen molar-refractivity contribution in [1.29, 1.82) is 0 Å². The molecule has 2 aromatic carbocycles. The first kappa shape index (κ1) is 14.0. The molecule has 104 valence electrons. The van der Waals surface area contributed by atoms with Crippen LogP contribution in [0.2, 0.25) is 0 Å². The first-order chi connectivity index (χ1) is 9.30. The fourth-order valence-electron chi connectivity index (χ4n) is 1.72. The number of nitrogens with two attached hydrogens (primary N) is 1. The molecule has 6 heteroatoms. The van der Waals surface area contributed by atoms with Crippen LogP contribution in [0.3, 0.4) is 0 Å². The number of benzene rings is 2. The molecular weight excluding hydrogens is 274 g/mol. The third-order valence-corrected chi connectivity index (χ3v) is 2.74. The van der Waals surface area contributed by atoms with Crippen LogP contribution < -0.4 is 5.73 Å². The topological polar surface area (TPSA) is 43.1 Å². The Labute approximate surface area is 111 Å². The average molecular weight is 283 g/mol. The second-order valence-electron chi connectivity index (χ2n) is 4.11. The minimum atomic E-state index is -4.60. The van der Waals surface area contributed by atoms with E-state index in [0.29, 0.717) is 6.07 Å². The summed E-state index contributed by atoms with van der Waals surface area (Å²) in [5.41, 5.74) is 3.68. The number of nitrogen functional groups attached to an aromatic ring is 1. The molecule has 0 saturated heterocycles. The molecule has 0 saturated carbocycles. The van der Waals surface area contributed by atoms with Gasteiger partial charge in [-0.2, -0.15) is 13.2 Å². The lowest BCUT2D eigenvalue weighted by molar-refractivity contribution is -0.137. The van der Waals surface area contributed by atoms with Crippen molar-refractivity contribution in [3.05, 3.63) is 65.0 Å². The highest BCUT2D eigenvalue weighted by Crippen LogP contribution is 2.32. The van der Waals surface area contributed by atoms with Crippen LogP contribution in [0.15, 0.2) is 42.5 Å². The second-order valence-corrected chi connectivity index (χ2v) is 4.11. The van der Waals surface area contributed by atoms with Gasteiger partial charge < -0.3 is 5.73 Å². The van der Waals surface area contributed by atoms with Crippen LogP contribution in [-0.4, -0.2) is 5.78 Å². The number of alkyl halides is 3. The summed E-state index contributed by atoms with van der Waals surface area (Å²) in [5, 5.41) is 0. The SMILES string of the molecule is Nc1ccc(C(F)(F)F)cc1C(=O)c1ccccc1F. The van der Waals surface area contributed by atoms with Crippen LogP contribution in [0.4, 0.5) is 23.2 Å². The van der Waals surface area contributed by atoms with Crippen LogP contribution >= 0.6 is 0 Å². The summed E-state index contributed by atoms with van der Waals surface area (Å²) in [7, 11) is 0. The minimum absolute atomic E-state index is 0.133. The first-order valence-electron chi connectivity index (χ1n) is 5.56. The average Bonchev–Trinajstić information content (AvgIpc) is 2.37. The summed E-state index contributed by atoms with van der Waals surface area (Å²) in [6.07, 6.45) is -4.60. The molecule has 0 spiro atoms. The predicted molar refractivity (Wildman–Crippen MR) is 65.7 cm³/mol. The maximum atomic E-state index is 13.5. The fourth-order valence-corrected chi connectivity index (χ4v) is 1.72. The zero-order valence-electron chi connectivity index (χ0n) is 10.0. The second kappa shape index (κ2) is 4.96. The third-order valence-electron chi connectivity index (χ3n) is 2.74. The van der Waals surface area contributed by atoms with E-state index in [9.17, 15) is 22.4 Å². The minimum Gasteiger partial charge on any atom is -0.398 e. The van der Waals surface area contributed by atoms with E-state index in [4.69, 9.17) is 5.73 Å². The van der Waals surface area contributed by atoms with Gasteiger partial charge in [-0.05, 0) is 30.3 Å². The number of hydrogen-bond donors (Lipinski definition) is 1. The van der Waals surface area contributed by atoms with Gasteiger partial charge in [0.15, 0.2) is 5.78 Å². The van der Waals surface area contributed by atoms with Crippen molar-refractivity contribution in [1.82, 2.24) is 0 Å². The number of ketones is 1. The Morgan fingerprint density at radius 2 is 1.65 bits per heavy atom. The number of anilines is 1. The van der Waals surface area contributed by atoms with Crippen molar-refractivity contribution < 1.29 is 22.4 Å². The summed E-state index contributed by atoms with van der Waals surface area (Å²) in [6.45, 7) is 0. The fraction of sp³-hybridized carbons (Fsp3) is 0.0714. The van der Waals surface area contributed by atoms with Gasteiger partial charge in [0.05, 0.1) is 11.1 Å². The number of hydrogen-bond acceptors (Lipinski definition) is 2. The molecule has 0 amide bonds. The predicted octanol–water partition coefficient (Wildman–Crippen LogP) is 3.66. The smallest absolute Gasteiger partial charge is 0.398 e. The van der Waals surface area contributed by atoms with Crippen LogP contribution in [-0.2, 0) is 6.18 Å². The number of rotatable bonds is 2. The van der Waals surface area contributed by atoms with Crippen molar-refractivity contribution in [2.24, 2.45) is 0 Å². The number of carbonyl (C=O) groups excluding carboxylic acids is 1. The van der Waals surface area contributed by atoms with E-state index < -0.39 is 23.3 Å². The van der Waals surface area contributed by atoms with E-state index in [-0.39, 0.29) is 16.8 Å². The molecule has 0 aromatic heterocycles. The molecule has 0 atom stereocenters. The number of halogens is 4. The Balaban J connectivity index is 2.53. The van der Waals surface area contributed by atoms with Crippen molar-refractivity contribution in [2.75, 3.05) is 5.73 Å². The Morgan fingerprint density at radius 3 is 2.25 bits per heavy atom. The van der Waals surface area contributed by atoms with Crippen molar-refractivity contribution in [3.63, 3.8) is 0 Å². The van der Waals surface area contributed by atoms with E-state index in [1.807, 2.05) is 0 Å². The highest BCUT2D eigenvalue weighted by atomic mass is 19.4. The molecular formula is C14H9F4NO. The quantitative estimate of drug-likeness (QED) is 0.519. The van der Waals surface area contributed by atoms with Crippen molar-refractivity contribution in [2.45, 2.75) is 6.18 Å². The van der Waals surface area contributed by atoms with Gasteiger partial charge in [0, 0.05) is 11.3 Å². The molecule has 0 aliphatic rings. The molecule has 0 aliphatic carbocycles. The summed E-state index contributed by atoms with van der Waals surface area (Å²) < 4.78 is 51.4. The lowest BCUT2D eigenvalue weighted by Gasteiger charge is -2.11. The van der Waals surface area contributed by atoms with Crippen LogP contribution in [0.1, 0.15) is 21.5 Å². The molecule has 0 aliphatic heterocycles. The van der Waals surface area contributed by atoms with Crippen LogP contribution in [0, 0.1) is 5.82 Å². The molecule has 0 bridgehead atoms. The highest BCUT2D eigenvalue weighted by Gasteiger charge is 2.31. The first-order valence-corrected chi connectivity index (χ1v) is 5.56. The molecule has 0 heterocycles. The maximum Gasteiger partial charge on any atom is 0.416 e. The molecule has 0 unspecified atom stereocenters. The van der Waals surface area contributed by atoms with E-state index in [1.54, 1.807) is 0 Å².